The van der Waals surface area contributed by atoms with E-state index < -0.39 is 9.84 Å². The van der Waals surface area contributed by atoms with E-state index in [1.807, 2.05) is 30.3 Å². The fourth-order valence-corrected chi connectivity index (χ4v) is 5.35. The van der Waals surface area contributed by atoms with Crippen LogP contribution in [0.15, 0.2) is 41.3 Å². The second-order valence-corrected chi connectivity index (χ2v) is 10.00. The minimum atomic E-state index is -3.48. The smallest absolute Gasteiger partial charge is 0.223 e. The van der Waals surface area contributed by atoms with Crippen LogP contribution in [0.25, 0.3) is 0 Å². The number of aromatic nitrogens is 2. The zero-order chi connectivity index (χ0) is 22.9. The molecule has 1 aromatic heterocycles. The van der Waals surface area contributed by atoms with Gasteiger partial charge in [0.15, 0.2) is 9.84 Å². The lowest BCUT2D eigenvalue weighted by molar-refractivity contribution is 0.103. The van der Waals surface area contributed by atoms with Crippen molar-refractivity contribution in [2.45, 2.75) is 39.2 Å². The van der Waals surface area contributed by atoms with Crippen LogP contribution < -0.4 is 4.74 Å². The van der Waals surface area contributed by atoms with Crippen LogP contribution >= 0.6 is 11.6 Å². The number of aryl methyl sites for hydroxylation is 3. The van der Waals surface area contributed by atoms with Gasteiger partial charge >= 0.3 is 0 Å². The molecule has 0 amide bonds. The molecule has 0 bridgehead atoms. The summed E-state index contributed by atoms with van der Waals surface area (Å²) in [5.74, 6) is -0.0643. The maximum atomic E-state index is 13.5. The van der Waals surface area contributed by atoms with Crippen molar-refractivity contribution in [3.8, 4) is 5.88 Å². The average molecular weight is 461 g/mol. The van der Waals surface area contributed by atoms with E-state index in [1.54, 1.807) is 34.7 Å². The second kappa shape index (κ2) is 8.85. The minimum absolute atomic E-state index is 0.0442. The largest absolute Gasteiger partial charge is 0.472 e. The van der Waals surface area contributed by atoms with E-state index in [-0.39, 0.29) is 33.6 Å². The summed E-state index contributed by atoms with van der Waals surface area (Å²) in [6.45, 7) is 6.88. The Kier molecular flexibility index (Phi) is 6.57. The molecule has 1 heterocycles. The van der Waals surface area contributed by atoms with E-state index >= 15 is 0 Å². The molecule has 0 fully saturated rings. The Morgan fingerprint density at radius 2 is 1.81 bits per heavy atom. The fraction of sp³-hybridized carbons (Fsp3) is 0.304. The normalized spacial score (nSPS) is 11.5. The Bertz CT molecular complexity index is 1250. The van der Waals surface area contributed by atoms with E-state index in [4.69, 9.17) is 16.3 Å². The van der Waals surface area contributed by atoms with Crippen LogP contribution in [0.5, 0.6) is 5.88 Å². The number of hydrogen-bond acceptors (Lipinski definition) is 5. The zero-order valence-electron chi connectivity index (χ0n) is 18.2. The summed E-state index contributed by atoms with van der Waals surface area (Å²) >= 11 is 6.51. The zero-order valence-corrected chi connectivity index (χ0v) is 19.8. The lowest BCUT2D eigenvalue weighted by atomic mass is 9.99. The number of ether oxygens (including phenoxy) is 1. The van der Waals surface area contributed by atoms with Gasteiger partial charge in [0.2, 0.25) is 11.7 Å². The van der Waals surface area contributed by atoms with Gasteiger partial charge < -0.3 is 4.74 Å². The molecular formula is C23H25ClN2O4S. The Hall–Kier alpha value is -2.64. The molecule has 0 saturated heterocycles. The highest BCUT2D eigenvalue weighted by Gasteiger charge is 2.28. The molecule has 3 rings (SSSR count). The van der Waals surface area contributed by atoms with Crippen molar-refractivity contribution in [3.63, 3.8) is 0 Å². The topological polar surface area (TPSA) is 78.3 Å². The van der Waals surface area contributed by atoms with Crippen molar-refractivity contribution in [3.05, 3.63) is 74.9 Å². The Morgan fingerprint density at radius 1 is 1.16 bits per heavy atom. The van der Waals surface area contributed by atoms with E-state index in [1.165, 1.54) is 10.7 Å². The SMILES string of the molecule is CCS(=O)(=O)c1c(C)cc(C(=O)c2c(C)nn(C)c2OCc2ccccc2)c(Cl)c1C. The van der Waals surface area contributed by atoms with Gasteiger partial charge in [0, 0.05) is 12.6 Å². The minimum Gasteiger partial charge on any atom is -0.472 e. The van der Waals surface area contributed by atoms with Gasteiger partial charge in [-0.1, -0.05) is 48.9 Å². The van der Waals surface area contributed by atoms with Crippen LogP contribution in [0.3, 0.4) is 0 Å². The molecule has 0 atom stereocenters. The third kappa shape index (κ3) is 4.38. The van der Waals surface area contributed by atoms with Crippen molar-refractivity contribution in [2.24, 2.45) is 7.05 Å². The molecule has 0 N–H and O–H groups in total. The van der Waals surface area contributed by atoms with Crippen LogP contribution in [0.4, 0.5) is 0 Å². The number of ketones is 1. The first-order chi connectivity index (χ1) is 14.6. The van der Waals surface area contributed by atoms with Crippen LogP contribution in [0.2, 0.25) is 5.02 Å². The van der Waals surface area contributed by atoms with Gasteiger partial charge in [0.25, 0.3) is 0 Å². The maximum absolute atomic E-state index is 13.5. The first kappa shape index (κ1) is 23.0. The number of carbonyl (C=O) groups excluding carboxylic acids is 1. The molecule has 2 aromatic carbocycles. The van der Waals surface area contributed by atoms with Gasteiger partial charge in [-0.3, -0.25) is 4.79 Å². The summed E-state index contributed by atoms with van der Waals surface area (Å²) in [5, 5.41) is 4.47. The monoisotopic (exact) mass is 460 g/mol. The Balaban J connectivity index is 2.06. The van der Waals surface area contributed by atoms with Crippen LogP contribution in [0.1, 0.15) is 45.2 Å². The molecule has 8 heteroatoms. The van der Waals surface area contributed by atoms with Crippen LogP contribution in [-0.4, -0.2) is 29.7 Å². The molecule has 164 valence electrons. The van der Waals surface area contributed by atoms with Crippen molar-refractivity contribution in [2.75, 3.05) is 5.75 Å². The Labute approximate surface area is 187 Å². The second-order valence-electron chi connectivity index (χ2n) is 7.41. The molecular weight excluding hydrogens is 436 g/mol. The summed E-state index contributed by atoms with van der Waals surface area (Å²) in [7, 11) is -1.77. The summed E-state index contributed by atoms with van der Waals surface area (Å²) in [6.07, 6.45) is 0. The lowest BCUT2D eigenvalue weighted by Gasteiger charge is -2.15. The van der Waals surface area contributed by atoms with Gasteiger partial charge in [-0.15, -0.1) is 0 Å². The molecule has 0 saturated carbocycles. The third-order valence-electron chi connectivity index (χ3n) is 5.18. The van der Waals surface area contributed by atoms with Crippen molar-refractivity contribution >= 4 is 27.2 Å². The van der Waals surface area contributed by atoms with Crippen molar-refractivity contribution in [1.82, 2.24) is 9.78 Å². The van der Waals surface area contributed by atoms with E-state index in [0.29, 0.717) is 28.3 Å². The number of rotatable bonds is 7. The van der Waals surface area contributed by atoms with Crippen LogP contribution in [0, 0.1) is 20.8 Å². The molecule has 0 radical (unpaired) electrons. The number of carbonyl (C=O) groups is 1. The molecule has 31 heavy (non-hydrogen) atoms. The van der Waals surface area contributed by atoms with Gasteiger partial charge in [-0.25, -0.2) is 13.1 Å². The maximum Gasteiger partial charge on any atom is 0.223 e. The predicted molar refractivity (Wildman–Crippen MR) is 121 cm³/mol. The Morgan fingerprint density at radius 3 is 2.42 bits per heavy atom. The van der Waals surface area contributed by atoms with Gasteiger partial charge in [-0.05, 0) is 43.5 Å². The molecule has 6 nitrogen and oxygen atoms in total. The van der Waals surface area contributed by atoms with E-state index in [0.717, 1.165) is 5.56 Å². The molecule has 0 unspecified atom stereocenters. The molecule has 0 aliphatic rings. The van der Waals surface area contributed by atoms with Crippen molar-refractivity contribution in [1.29, 1.82) is 0 Å². The fourth-order valence-electron chi connectivity index (χ4n) is 3.66. The summed E-state index contributed by atoms with van der Waals surface area (Å²) in [6, 6.07) is 11.1. The lowest BCUT2D eigenvalue weighted by Crippen LogP contribution is -2.13. The highest BCUT2D eigenvalue weighted by Crippen LogP contribution is 2.34. The number of halogens is 1. The highest BCUT2D eigenvalue weighted by atomic mass is 35.5. The molecule has 0 spiro atoms. The standard InChI is InChI=1S/C23H25ClN2O4S/c1-6-31(28,29)22-14(2)12-18(20(24)15(22)3)21(27)19-16(4)25-26(5)23(19)30-13-17-10-8-7-9-11-17/h7-12H,6,13H2,1-5H3. The van der Waals surface area contributed by atoms with Gasteiger partial charge in [0.1, 0.15) is 12.2 Å². The molecule has 3 aromatic rings. The number of benzene rings is 2. The van der Waals surface area contributed by atoms with Gasteiger partial charge in [0.05, 0.1) is 21.4 Å². The van der Waals surface area contributed by atoms with E-state index in [9.17, 15) is 13.2 Å². The van der Waals surface area contributed by atoms with Gasteiger partial charge in [-0.2, -0.15) is 5.10 Å². The molecule has 0 aliphatic heterocycles. The average Bonchev–Trinajstić information content (AvgIpc) is 3.02. The first-order valence-electron chi connectivity index (χ1n) is 9.86. The number of sulfone groups is 1. The highest BCUT2D eigenvalue weighted by molar-refractivity contribution is 7.91. The first-order valence-corrected chi connectivity index (χ1v) is 11.9. The van der Waals surface area contributed by atoms with E-state index in [2.05, 4.69) is 5.10 Å². The quantitative estimate of drug-likeness (QED) is 0.481. The summed E-state index contributed by atoms with van der Waals surface area (Å²) < 4.78 is 32.5. The third-order valence-corrected chi connectivity index (χ3v) is 7.67. The summed E-state index contributed by atoms with van der Waals surface area (Å²) in [5.41, 5.74) is 2.86. The van der Waals surface area contributed by atoms with Crippen molar-refractivity contribution < 1.29 is 17.9 Å². The number of hydrogen-bond donors (Lipinski definition) is 0. The number of nitrogens with zero attached hydrogens (tertiary/aromatic N) is 2. The predicted octanol–water partition coefficient (Wildman–Crippen LogP) is 4.60. The molecule has 0 aliphatic carbocycles. The van der Waals surface area contributed by atoms with Crippen LogP contribution in [-0.2, 0) is 23.5 Å². The summed E-state index contributed by atoms with van der Waals surface area (Å²) in [4.78, 5) is 13.7.